The predicted molar refractivity (Wildman–Crippen MR) is 118 cm³/mol. The molecule has 0 N–H and O–H groups in total. The number of rotatable bonds is 4. The number of anilines is 2. The van der Waals surface area contributed by atoms with E-state index in [0.29, 0.717) is 6.54 Å². The van der Waals surface area contributed by atoms with Gasteiger partial charge in [0.2, 0.25) is 5.91 Å². The van der Waals surface area contributed by atoms with E-state index >= 15 is 0 Å². The highest BCUT2D eigenvalue weighted by Crippen LogP contribution is 2.28. The largest absolute Gasteiger partial charge is 0.368 e. The lowest BCUT2D eigenvalue weighted by atomic mass is 10.1. The maximum absolute atomic E-state index is 12.8. The zero-order valence-electron chi connectivity index (χ0n) is 16.1. The van der Waals surface area contributed by atoms with Crippen molar-refractivity contribution in [3.05, 3.63) is 53.1 Å². The van der Waals surface area contributed by atoms with Gasteiger partial charge >= 0.3 is 0 Å². The Kier molecular flexibility index (Phi) is 5.42. The molecule has 4 rings (SSSR count). The Labute approximate surface area is 174 Å². The Morgan fingerprint density at radius 3 is 2.68 bits per heavy atom. The van der Waals surface area contributed by atoms with Crippen molar-refractivity contribution in [2.75, 3.05) is 49.6 Å². The third kappa shape index (κ3) is 3.93. The topological polar surface area (TPSA) is 39.7 Å². The second-order valence-electron chi connectivity index (χ2n) is 7.12. The van der Waals surface area contributed by atoms with E-state index in [9.17, 15) is 4.79 Å². The van der Waals surface area contributed by atoms with Crippen LogP contribution in [0.25, 0.3) is 10.2 Å². The van der Waals surface area contributed by atoms with Gasteiger partial charge in [-0.25, -0.2) is 4.98 Å². The second kappa shape index (κ2) is 7.97. The Morgan fingerprint density at radius 1 is 1.18 bits per heavy atom. The van der Waals surface area contributed by atoms with Crippen LogP contribution in [0, 0.1) is 6.92 Å². The van der Waals surface area contributed by atoms with Gasteiger partial charge in [0.25, 0.3) is 0 Å². The first kappa shape index (κ1) is 19.0. The number of thiazole rings is 1. The van der Waals surface area contributed by atoms with Crippen molar-refractivity contribution < 1.29 is 4.79 Å². The van der Waals surface area contributed by atoms with Gasteiger partial charge < -0.3 is 14.7 Å². The molecule has 2 aromatic carbocycles. The molecule has 0 atom stereocenters. The lowest BCUT2D eigenvalue weighted by Gasteiger charge is -2.37. The molecule has 0 unspecified atom stereocenters. The lowest BCUT2D eigenvalue weighted by molar-refractivity contribution is -0.129. The van der Waals surface area contributed by atoms with Crippen molar-refractivity contribution >= 4 is 49.9 Å². The van der Waals surface area contributed by atoms with E-state index < -0.39 is 0 Å². The number of piperazine rings is 1. The quantitative estimate of drug-likeness (QED) is 0.645. The highest BCUT2D eigenvalue weighted by atomic mass is 35.5. The van der Waals surface area contributed by atoms with E-state index in [1.807, 2.05) is 53.2 Å². The van der Waals surface area contributed by atoms with Crippen LogP contribution in [0.1, 0.15) is 5.56 Å². The first-order valence-corrected chi connectivity index (χ1v) is 10.6. The molecule has 0 aliphatic carbocycles. The second-order valence-corrected chi connectivity index (χ2v) is 8.56. The molecule has 0 bridgehead atoms. The third-order valence-electron chi connectivity index (χ3n) is 5.13. The van der Waals surface area contributed by atoms with E-state index in [0.717, 1.165) is 52.2 Å². The van der Waals surface area contributed by atoms with Crippen LogP contribution < -0.4 is 9.80 Å². The lowest BCUT2D eigenvalue weighted by Crippen LogP contribution is -2.51. The molecular formula is C21H23ClN4OS. The van der Waals surface area contributed by atoms with E-state index in [1.165, 1.54) is 5.56 Å². The molecule has 0 spiro atoms. The van der Waals surface area contributed by atoms with Gasteiger partial charge in [-0.2, -0.15) is 0 Å². The number of hydrogen-bond acceptors (Lipinski definition) is 5. The summed E-state index contributed by atoms with van der Waals surface area (Å²) in [5.41, 5.74) is 3.35. The zero-order valence-corrected chi connectivity index (χ0v) is 17.6. The number of fused-ring (bicyclic) bond motifs is 1. The zero-order chi connectivity index (χ0) is 19.7. The van der Waals surface area contributed by atoms with E-state index in [1.54, 1.807) is 11.3 Å². The minimum absolute atomic E-state index is 0.143. The van der Waals surface area contributed by atoms with Gasteiger partial charge in [0.15, 0.2) is 5.13 Å². The maximum Gasteiger partial charge on any atom is 0.242 e. The molecule has 28 heavy (non-hydrogen) atoms. The summed E-state index contributed by atoms with van der Waals surface area (Å²) in [4.78, 5) is 23.6. The molecule has 1 aliphatic heterocycles. The van der Waals surface area contributed by atoms with Crippen molar-refractivity contribution in [3.8, 4) is 0 Å². The molecule has 0 saturated carbocycles. The number of halogens is 1. The van der Waals surface area contributed by atoms with Gasteiger partial charge in [-0.05, 0) is 36.8 Å². The normalized spacial score (nSPS) is 14.5. The van der Waals surface area contributed by atoms with Gasteiger partial charge in [-0.3, -0.25) is 4.79 Å². The Morgan fingerprint density at radius 2 is 1.93 bits per heavy atom. The molecule has 5 nitrogen and oxygen atoms in total. The van der Waals surface area contributed by atoms with Crippen LogP contribution in [0.15, 0.2) is 42.5 Å². The molecule has 0 radical (unpaired) electrons. The summed E-state index contributed by atoms with van der Waals surface area (Å²) >= 11 is 7.78. The molecule has 1 fully saturated rings. The molecule has 2 heterocycles. The minimum Gasteiger partial charge on any atom is -0.368 e. The van der Waals surface area contributed by atoms with Crippen LogP contribution in [-0.4, -0.2) is 55.6 Å². The molecule has 3 aromatic rings. The SMILES string of the molecule is Cc1ccc(Cl)cc1N1CCN(C(=O)CN(C)c2nc3ccccc3s2)CC1. The number of carbonyl (C=O) groups excluding carboxylic acids is 1. The molecular weight excluding hydrogens is 392 g/mol. The molecule has 7 heteroatoms. The van der Waals surface area contributed by atoms with Gasteiger partial charge in [0.1, 0.15) is 0 Å². The smallest absolute Gasteiger partial charge is 0.242 e. The Bertz CT molecular complexity index is 964. The van der Waals surface area contributed by atoms with E-state index in [2.05, 4.69) is 22.9 Å². The average molecular weight is 415 g/mol. The molecule has 1 aliphatic rings. The fourth-order valence-corrected chi connectivity index (χ4v) is 4.61. The van der Waals surface area contributed by atoms with Crippen molar-refractivity contribution in [1.82, 2.24) is 9.88 Å². The van der Waals surface area contributed by atoms with Gasteiger partial charge in [-0.1, -0.05) is 41.1 Å². The van der Waals surface area contributed by atoms with Crippen LogP contribution in [0.2, 0.25) is 5.02 Å². The summed E-state index contributed by atoms with van der Waals surface area (Å²) in [6.07, 6.45) is 0. The summed E-state index contributed by atoms with van der Waals surface area (Å²) in [5.74, 6) is 0.143. The fourth-order valence-electron chi connectivity index (χ4n) is 3.51. The highest BCUT2D eigenvalue weighted by molar-refractivity contribution is 7.22. The van der Waals surface area contributed by atoms with Crippen molar-refractivity contribution in [2.45, 2.75) is 6.92 Å². The number of benzene rings is 2. The monoisotopic (exact) mass is 414 g/mol. The predicted octanol–water partition coefficient (Wildman–Crippen LogP) is 4.04. The van der Waals surface area contributed by atoms with Crippen LogP contribution in [-0.2, 0) is 4.79 Å². The number of likely N-dealkylation sites (N-methyl/N-ethyl adjacent to an activating group) is 1. The Balaban J connectivity index is 1.36. The number of amides is 1. The van der Waals surface area contributed by atoms with Crippen molar-refractivity contribution in [1.29, 1.82) is 0 Å². The number of aryl methyl sites for hydroxylation is 1. The summed E-state index contributed by atoms with van der Waals surface area (Å²) in [6, 6.07) is 14.0. The van der Waals surface area contributed by atoms with Gasteiger partial charge in [0, 0.05) is 43.9 Å². The average Bonchev–Trinajstić information content (AvgIpc) is 3.14. The van der Waals surface area contributed by atoms with Crippen LogP contribution >= 0.6 is 22.9 Å². The maximum atomic E-state index is 12.8. The van der Waals surface area contributed by atoms with Crippen molar-refractivity contribution in [2.24, 2.45) is 0 Å². The third-order valence-corrected chi connectivity index (χ3v) is 6.51. The van der Waals surface area contributed by atoms with E-state index in [-0.39, 0.29) is 5.91 Å². The van der Waals surface area contributed by atoms with E-state index in [4.69, 9.17) is 11.6 Å². The van der Waals surface area contributed by atoms with Gasteiger partial charge in [-0.15, -0.1) is 0 Å². The number of nitrogens with zero attached hydrogens (tertiary/aromatic N) is 4. The Hall–Kier alpha value is -2.31. The number of aromatic nitrogens is 1. The number of hydrogen-bond donors (Lipinski definition) is 0. The van der Waals surface area contributed by atoms with Gasteiger partial charge in [0.05, 0.1) is 16.8 Å². The molecule has 1 amide bonds. The van der Waals surface area contributed by atoms with Crippen LogP contribution in [0.4, 0.5) is 10.8 Å². The first-order valence-electron chi connectivity index (χ1n) is 9.37. The molecule has 1 saturated heterocycles. The molecule has 1 aromatic heterocycles. The fraction of sp³-hybridized carbons (Fsp3) is 0.333. The molecule has 146 valence electrons. The summed E-state index contributed by atoms with van der Waals surface area (Å²) < 4.78 is 1.14. The highest BCUT2D eigenvalue weighted by Gasteiger charge is 2.23. The minimum atomic E-state index is 0.143. The van der Waals surface area contributed by atoms with Crippen molar-refractivity contribution in [3.63, 3.8) is 0 Å². The standard InChI is InChI=1S/C21H23ClN4OS/c1-15-7-8-16(22)13-18(15)25-9-11-26(12-10-25)20(27)14-24(2)21-23-17-5-3-4-6-19(17)28-21/h3-8,13H,9-12,14H2,1-2H3. The van der Waals surface area contributed by atoms with Crippen LogP contribution in [0.5, 0.6) is 0 Å². The number of carbonyl (C=O) groups is 1. The summed E-state index contributed by atoms with van der Waals surface area (Å²) in [5, 5.41) is 1.62. The summed E-state index contributed by atoms with van der Waals surface area (Å²) in [7, 11) is 1.93. The number of para-hydroxylation sites is 1. The van der Waals surface area contributed by atoms with Crippen LogP contribution in [0.3, 0.4) is 0 Å². The first-order chi connectivity index (χ1) is 13.5. The summed E-state index contributed by atoms with van der Waals surface area (Å²) in [6.45, 7) is 5.51.